The van der Waals surface area contributed by atoms with Gasteiger partial charge >= 0.3 is 0 Å². The number of benzene rings is 2. The minimum Gasteiger partial charge on any atom is -0.497 e. The number of nitrogens with one attached hydrogen (secondary N) is 1. The predicted octanol–water partition coefficient (Wildman–Crippen LogP) is 3.32. The van der Waals surface area contributed by atoms with E-state index in [1.807, 2.05) is 66.1 Å². The Labute approximate surface area is 150 Å². The van der Waals surface area contributed by atoms with Crippen molar-refractivity contribution in [3.63, 3.8) is 0 Å². The summed E-state index contributed by atoms with van der Waals surface area (Å²) in [5.41, 5.74) is 1.70. The van der Waals surface area contributed by atoms with Crippen LogP contribution >= 0.6 is 11.8 Å². The van der Waals surface area contributed by atoms with Gasteiger partial charge in [-0.2, -0.15) is 0 Å². The maximum Gasteiger partial charge on any atom is 0.234 e. The lowest BCUT2D eigenvalue weighted by molar-refractivity contribution is -0.113. The van der Waals surface area contributed by atoms with Gasteiger partial charge in [0, 0.05) is 11.4 Å². The zero-order valence-electron chi connectivity index (χ0n) is 14.0. The number of aromatic nitrogens is 3. The first kappa shape index (κ1) is 17.0. The van der Waals surface area contributed by atoms with E-state index in [1.165, 1.54) is 11.8 Å². The summed E-state index contributed by atoms with van der Waals surface area (Å²) in [6.45, 7) is 1.88. The third kappa shape index (κ3) is 4.19. The third-order valence-electron chi connectivity index (χ3n) is 3.52. The van der Waals surface area contributed by atoms with Gasteiger partial charge in [0.2, 0.25) is 5.91 Å². The van der Waals surface area contributed by atoms with E-state index in [0.29, 0.717) is 5.16 Å². The fourth-order valence-corrected chi connectivity index (χ4v) is 3.11. The molecule has 0 spiro atoms. The van der Waals surface area contributed by atoms with Crippen LogP contribution in [-0.2, 0) is 4.79 Å². The molecule has 1 aromatic heterocycles. The van der Waals surface area contributed by atoms with Gasteiger partial charge in [0.05, 0.1) is 12.9 Å². The molecule has 2 aromatic carbocycles. The fraction of sp³-hybridized carbons (Fsp3) is 0.167. The molecule has 3 aromatic rings. The lowest BCUT2D eigenvalue weighted by atomic mass is 10.3. The Hall–Kier alpha value is -2.80. The van der Waals surface area contributed by atoms with Crippen LogP contribution in [0.4, 0.5) is 5.69 Å². The highest BCUT2D eigenvalue weighted by atomic mass is 32.2. The van der Waals surface area contributed by atoms with Gasteiger partial charge in [-0.05, 0) is 43.3 Å². The Morgan fingerprint density at radius 2 is 1.84 bits per heavy atom. The number of ether oxygens (including phenoxy) is 1. The van der Waals surface area contributed by atoms with Crippen LogP contribution in [0.3, 0.4) is 0 Å². The van der Waals surface area contributed by atoms with Gasteiger partial charge in [0.25, 0.3) is 0 Å². The number of anilines is 1. The molecule has 0 bridgehead atoms. The van der Waals surface area contributed by atoms with Crippen LogP contribution in [0.5, 0.6) is 5.75 Å². The van der Waals surface area contributed by atoms with E-state index >= 15 is 0 Å². The first-order valence-electron chi connectivity index (χ1n) is 7.71. The molecule has 3 rings (SSSR count). The van der Waals surface area contributed by atoms with Gasteiger partial charge in [-0.15, -0.1) is 10.2 Å². The van der Waals surface area contributed by atoms with Gasteiger partial charge in [0.15, 0.2) is 5.16 Å². The summed E-state index contributed by atoms with van der Waals surface area (Å²) < 4.78 is 7.10. The van der Waals surface area contributed by atoms with Crippen LogP contribution < -0.4 is 10.1 Å². The number of hydrogen-bond donors (Lipinski definition) is 1. The highest BCUT2D eigenvalue weighted by molar-refractivity contribution is 7.99. The number of carbonyl (C=O) groups excluding carboxylic acids is 1. The number of para-hydroxylation sites is 1. The number of nitrogens with zero attached hydrogens (tertiary/aromatic N) is 3. The van der Waals surface area contributed by atoms with Crippen LogP contribution in [0.2, 0.25) is 0 Å². The van der Waals surface area contributed by atoms with Crippen molar-refractivity contribution in [1.29, 1.82) is 0 Å². The number of rotatable bonds is 6. The van der Waals surface area contributed by atoms with Crippen LogP contribution in [0.25, 0.3) is 5.69 Å². The maximum atomic E-state index is 12.1. The SMILES string of the molecule is COc1ccc(-n2c(C)nnc2SCC(=O)Nc2ccccc2)cc1. The minimum atomic E-state index is -0.0851. The molecule has 1 amide bonds. The molecule has 0 atom stereocenters. The number of methoxy groups -OCH3 is 1. The molecule has 0 saturated carbocycles. The van der Waals surface area contributed by atoms with Crippen molar-refractivity contribution >= 4 is 23.4 Å². The Balaban J connectivity index is 1.70. The van der Waals surface area contributed by atoms with E-state index in [2.05, 4.69) is 15.5 Å². The monoisotopic (exact) mass is 354 g/mol. The number of thioether (sulfide) groups is 1. The second kappa shape index (κ2) is 7.85. The predicted molar refractivity (Wildman–Crippen MR) is 98.4 cm³/mol. The number of carbonyl (C=O) groups is 1. The zero-order valence-corrected chi connectivity index (χ0v) is 14.8. The number of aryl methyl sites for hydroxylation is 1. The van der Waals surface area contributed by atoms with Crippen molar-refractivity contribution in [1.82, 2.24) is 14.8 Å². The molecule has 0 aliphatic rings. The van der Waals surface area contributed by atoms with Crippen molar-refractivity contribution in [3.8, 4) is 11.4 Å². The molecule has 0 radical (unpaired) electrons. The normalized spacial score (nSPS) is 10.5. The topological polar surface area (TPSA) is 69.0 Å². The zero-order chi connectivity index (χ0) is 17.6. The molecule has 0 fully saturated rings. The molecule has 6 nitrogen and oxygen atoms in total. The standard InChI is InChI=1S/C18H18N4O2S/c1-13-20-21-18(22(13)15-8-10-16(24-2)11-9-15)25-12-17(23)19-14-6-4-3-5-7-14/h3-11H,12H2,1-2H3,(H,19,23). The van der Waals surface area contributed by atoms with Crippen LogP contribution in [0.1, 0.15) is 5.82 Å². The molecule has 128 valence electrons. The van der Waals surface area contributed by atoms with Crippen LogP contribution in [-0.4, -0.2) is 33.5 Å². The highest BCUT2D eigenvalue weighted by Crippen LogP contribution is 2.23. The van der Waals surface area contributed by atoms with E-state index < -0.39 is 0 Å². The van der Waals surface area contributed by atoms with Crippen LogP contribution in [0.15, 0.2) is 59.8 Å². The summed E-state index contributed by atoms with van der Waals surface area (Å²) in [7, 11) is 1.63. The van der Waals surface area contributed by atoms with Gasteiger partial charge in [0.1, 0.15) is 11.6 Å². The van der Waals surface area contributed by atoms with E-state index in [0.717, 1.165) is 22.9 Å². The Morgan fingerprint density at radius 3 is 2.52 bits per heavy atom. The largest absolute Gasteiger partial charge is 0.497 e. The second-order valence-corrected chi connectivity index (χ2v) is 6.21. The Bertz CT molecular complexity index is 847. The first-order chi connectivity index (χ1) is 12.2. The second-order valence-electron chi connectivity index (χ2n) is 5.27. The summed E-state index contributed by atoms with van der Waals surface area (Å²) in [6, 6.07) is 17.0. The molecule has 0 aliphatic carbocycles. The summed E-state index contributed by atoms with van der Waals surface area (Å²) in [6.07, 6.45) is 0. The van der Waals surface area contributed by atoms with Crippen molar-refractivity contribution in [3.05, 3.63) is 60.4 Å². The van der Waals surface area contributed by atoms with E-state index in [9.17, 15) is 4.79 Å². The van der Waals surface area contributed by atoms with E-state index in [-0.39, 0.29) is 11.7 Å². The van der Waals surface area contributed by atoms with E-state index in [4.69, 9.17) is 4.74 Å². The number of hydrogen-bond acceptors (Lipinski definition) is 5. The lowest BCUT2D eigenvalue weighted by Gasteiger charge is -2.09. The molecule has 1 heterocycles. The minimum absolute atomic E-state index is 0.0851. The van der Waals surface area contributed by atoms with Gasteiger partial charge in [-0.3, -0.25) is 9.36 Å². The summed E-state index contributed by atoms with van der Waals surface area (Å²) >= 11 is 1.35. The van der Waals surface area contributed by atoms with Gasteiger partial charge in [-0.25, -0.2) is 0 Å². The summed E-state index contributed by atoms with van der Waals surface area (Å²) in [5, 5.41) is 11.8. The Morgan fingerprint density at radius 1 is 1.12 bits per heavy atom. The van der Waals surface area contributed by atoms with Gasteiger partial charge in [-0.1, -0.05) is 30.0 Å². The molecular weight excluding hydrogens is 336 g/mol. The molecule has 0 unspecified atom stereocenters. The smallest absolute Gasteiger partial charge is 0.234 e. The average Bonchev–Trinajstić information content (AvgIpc) is 3.01. The van der Waals surface area contributed by atoms with Crippen molar-refractivity contribution in [2.45, 2.75) is 12.1 Å². The molecule has 7 heteroatoms. The quantitative estimate of drug-likeness (QED) is 0.688. The molecule has 1 N–H and O–H groups in total. The molecular formula is C18H18N4O2S. The van der Waals surface area contributed by atoms with E-state index in [1.54, 1.807) is 7.11 Å². The fourth-order valence-electron chi connectivity index (χ4n) is 2.31. The molecule has 0 saturated heterocycles. The first-order valence-corrected chi connectivity index (χ1v) is 8.70. The van der Waals surface area contributed by atoms with Crippen LogP contribution in [0, 0.1) is 6.92 Å². The van der Waals surface area contributed by atoms with Gasteiger partial charge < -0.3 is 10.1 Å². The molecule has 0 aliphatic heterocycles. The summed E-state index contributed by atoms with van der Waals surface area (Å²) in [5.74, 6) is 1.71. The van der Waals surface area contributed by atoms with Crippen molar-refractivity contribution < 1.29 is 9.53 Å². The third-order valence-corrected chi connectivity index (χ3v) is 4.44. The van der Waals surface area contributed by atoms with Crippen molar-refractivity contribution in [2.75, 3.05) is 18.2 Å². The Kier molecular flexibility index (Phi) is 5.35. The summed E-state index contributed by atoms with van der Waals surface area (Å²) in [4.78, 5) is 12.1. The molecule has 25 heavy (non-hydrogen) atoms. The highest BCUT2D eigenvalue weighted by Gasteiger charge is 2.13. The lowest BCUT2D eigenvalue weighted by Crippen LogP contribution is -2.14. The number of amides is 1. The maximum absolute atomic E-state index is 12.1. The average molecular weight is 354 g/mol. The van der Waals surface area contributed by atoms with Crippen molar-refractivity contribution in [2.24, 2.45) is 0 Å².